The van der Waals surface area contributed by atoms with Crippen molar-refractivity contribution in [2.75, 3.05) is 5.32 Å². The number of nitrogens with one attached hydrogen (secondary N) is 1. The van der Waals surface area contributed by atoms with Gasteiger partial charge in [0.1, 0.15) is 17.2 Å². The number of oxazole rings is 1. The van der Waals surface area contributed by atoms with Crippen LogP contribution in [0, 0.1) is 18.6 Å². The summed E-state index contributed by atoms with van der Waals surface area (Å²) in [5.74, 6) is -0.778. The van der Waals surface area contributed by atoms with Crippen molar-refractivity contribution in [3.63, 3.8) is 0 Å². The number of benzene rings is 2. The summed E-state index contributed by atoms with van der Waals surface area (Å²) >= 11 is 0. The Morgan fingerprint density at radius 1 is 1.22 bits per heavy atom. The zero-order chi connectivity index (χ0) is 16.4. The van der Waals surface area contributed by atoms with Gasteiger partial charge in [-0.25, -0.2) is 13.8 Å². The Balaban J connectivity index is 1.65. The first-order valence-electron chi connectivity index (χ1n) is 7.12. The SMILES string of the molecule is Cc1nc2ccc(NC(=O)CCc3cc(F)ccc3F)cc2o1. The van der Waals surface area contributed by atoms with Crippen molar-refractivity contribution < 1.29 is 18.0 Å². The third-order valence-electron chi connectivity index (χ3n) is 3.41. The van der Waals surface area contributed by atoms with Crippen LogP contribution in [0.3, 0.4) is 0 Å². The lowest BCUT2D eigenvalue weighted by Gasteiger charge is -2.06. The van der Waals surface area contributed by atoms with Crippen molar-refractivity contribution in [3.8, 4) is 0 Å². The van der Waals surface area contributed by atoms with Crippen molar-refractivity contribution in [2.24, 2.45) is 0 Å². The number of carbonyl (C=O) groups excluding carboxylic acids is 1. The molecule has 3 rings (SSSR count). The molecule has 0 aliphatic rings. The van der Waals surface area contributed by atoms with Crippen molar-refractivity contribution >= 4 is 22.7 Å². The lowest BCUT2D eigenvalue weighted by molar-refractivity contribution is -0.116. The second-order valence-electron chi connectivity index (χ2n) is 5.20. The van der Waals surface area contributed by atoms with E-state index in [1.54, 1.807) is 25.1 Å². The number of rotatable bonds is 4. The van der Waals surface area contributed by atoms with Crippen LogP contribution in [-0.4, -0.2) is 10.9 Å². The average Bonchev–Trinajstić information content (AvgIpc) is 2.87. The molecule has 118 valence electrons. The normalized spacial score (nSPS) is 10.9. The molecule has 2 aromatic carbocycles. The molecule has 1 amide bonds. The van der Waals surface area contributed by atoms with E-state index in [9.17, 15) is 13.6 Å². The Hall–Kier alpha value is -2.76. The Morgan fingerprint density at radius 3 is 2.87 bits per heavy atom. The molecular formula is C17H14F2N2O2. The summed E-state index contributed by atoms with van der Waals surface area (Å²) in [6, 6.07) is 8.34. The van der Waals surface area contributed by atoms with Crippen LogP contribution >= 0.6 is 0 Å². The van der Waals surface area contributed by atoms with Crippen LogP contribution in [0.5, 0.6) is 0 Å². The van der Waals surface area contributed by atoms with Gasteiger partial charge in [-0.05, 0) is 42.3 Å². The molecule has 0 aliphatic carbocycles. The number of fused-ring (bicyclic) bond motifs is 1. The highest BCUT2D eigenvalue weighted by molar-refractivity contribution is 5.92. The number of anilines is 1. The lowest BCUT2D eigenvalue weighted by Crippen LogP contribution is -2.12. The van der Waals surface area contributed by atoms with Gasteiger partial charge in [0.05, 0.1) is 0 Å². The quantitative estimate of drug-likeness (QED) is 0.792. The van der Waals surface area contributed by atoms with Gasteiger partial charge in [0.15, 0.2) is 11.5 Å². The first-order valence-corrected chi connectivity index (χ1v) is 7.12. The fourth-order valence-corrected chi connectivity index (χ4v) is 2.32. The number of hydrogen-bond donors (Lipinski definition) is 1. The molecule has 1 heterocycles. The minimum absolute atomic E-state index is 0.0494. The van der Waals surface area contributed by atoms with E-state index in [4.69, 9.17) is 4.42 Å². The van der Waals surface area contributed by atoms with Crippen molar-refractivity contribution in [1.29, 1.82) is 0 Å². The molecule has 23 heavy (non-hydrogen) atoms. The van der Waals surface area contributed by atoms with Gasteiger partial charge in [0, 0.05) is 25.1 Å². The van der Waals surface area contributed by atoms with Crippen LogP contribution < -0.4 is 5.32 Å². The highest BCUT2D eigenvalue weighted by Gasteiger charge is 2.09. The Morgan fingerprint density at radius 2 is 2.04 bits per heavy atom. The summed E-state index contributed by atoms with van der Waals surface area (Å²) in [5.41, 5.74) is 2.04. The number of amides is 1. The van der Waals surface area contributed by atoms with Crippen LogP contribution in [-0.2, 0) is 11.2 Å². The van der Waals surface area contributed by atoms with Crippen LogP contribution in [0.2, 0.25) is 0 Å². The van der Waals surface area contributed by atoms with E-state index in [1.165, 1.54) is 0 Å². The van der Waals surface area contributed by atoms with Gasteiger partial charge in [-0.15, -0.1) is 0 Å². The van der Waals surface area contributed by atoms with Crippen LogP contribution in [0.25, 0.3) is 11.1 Å². The predicted molar refractivity (Wildman–Crippen MR) is 82.1 cm³/mol. The van der Waals surface area contributed by atoms with Gasteiger partial charge in [0.2, 0.25) is 5.91 Å². The first-order chi connectivity index (χ1) is 11.0. The summed E-state index contributed by atoms with van der Waals surface area (Å²) in [4.78, 5) is 16.1. The molecule has 0 aliphatic heterocycles. The zero-order valence-corrected chi connectivity index (χ0v) is 12.4. The molecule has 0 bridgehead atoms. The van der Waals surface area contributed by atoms with Crippen LogP contribution in [0.1, 0.15) is 17.9 Å². The largest absolute Gasteiger partial charge is 0.441 e. The number of aryl methyl sites for hydroxylation is 2. The maximum atomic E-state index is 13.5. The number of aromatic nitrogens is 1. The molecule has 0 fully saturated rings. The summed E-state index contributed by atoms with van der Waals surface area (Å²) in [6.45, 7) is 1.74. The van der Waals surface area contributed by atoms with Gasteiger partial charge in [-0.1, -0.05) is 0 Å². The number of halogens is 2. The average molecular weight is 316 g/mol. The third kappa shape index (κ3) is 3.53. The second-order valence-corrected chi connectivity index (χ2v) is 5.20. The third-order valence-corrected chi connectivity index (χ3v) is 3.41. The molecule has 0 spiro atoms. The molecule has 0 saturated heterocycles. The Labute approximate surface area is 131 Å². The molecule has 0 unspecified atom stereocenters. The molecule has 3 aromatic rings. The minimum atomic E-state index is -0.520. The standard InChI is InChI=1S/C17H14F2N2O2/c1-10-20-15-6-4-13(9-16(15)23-10)21-17(22)7-2-11-8-12(18)3-5-14(11)19/h3-6,8-9H,2,7H2,1H3,(H,21,22). The van der Waals surface area contributed by atoms with E-state index in [0.29, 0.717) is 22.7 Å². The fourth-order valence-electron chi connectivity index (χ4n) is 2.32. The number of hydrogen-bond acceptors (Lipinski definition) is 3. The highest BCUT2D eigenvalue weighted by Crippen LogP contribution is 2.20. The van der Waals surface area contributed by atoms with E-state index in [1.807, 2.05) is 0 Å². The molecule has 1 aromatic heterocycles. The number of carbonyl (C=O) groups is 1. The summed E-state index contributed by atoms with van der Waals surface area (Å²) in [6.07, 6.45) is 0.174. The minimum Gasteiger partial charge on any atom is -0.441 e. The van der Waals surface area contributed by atoms with Crippen LogP contribution in [0.4, 0.5) is 14.5 Å². The number of nitrogens with zero attached hydrogens (tertiary/aromatic N) is 1. The predicted octanol–water partition coefficient (Wildman–Crippen LogP) is 3.99. The van der Waals surface area contributed by atoms with E-state index >= 15 is 0 Å². The smallest absolute Gasteiger partial charge is 0.224 e. The van der Waals surface area contributed by atoms with Gasteiger partial charge >= 0.3 is 0 Å². The molecule has 0 radical (unpaired) electrons. The van der Waals surface area contributed by atoms with Crippen LogP contribution in [0.15, 0.2) is 40.8 Å². The van der Waals surface area contributed by atoms with E-state index in [2.05, 4.69) is 10.3 Å². The molecule has 0 atom stereocenters. The summed E-state index contributed by atoms with van der Waals surface area (Å²) in [7, 11) is 0. The van der Waals surface area contributed by atoms with Gasteiger partial charge < -0.3 is 9.73 Å². The van der Waals surface area contributed by atoms with Gasteiger partial charge in [-0.2, -0.15) is 0 Å². The lowest BCUT2D eigenvalue weighted by atomic mass is 10.1. The van der Waals surface area contributed by atoms with Gasteiger partial charge in [0.25, 0.3) is 0 Å². The molecule has 0 saturated carbocycles. The maximum absolute atomic E-state index is 13.5. The molecule has 1 N–H and O–H groups in total. The highest BCUT2D eigenvalue weighted by atomic mass is 19.1. The second kappa shape index (κ2) is 6.16. The first kappa shape index (κ1) is 15.1. The Bertz CT molecular complexity index is 874. The van der Waals surface area contributed by atoms with Crippen molar-refractivity contribution in [2.45, 2.75) is 19.8 Å². The fraction of sp³-hybridized carbons (Fsp3) is 0.176. The monoisotopic (exact) mass is 316 g/mol. The van der Waals surface area contributed by atoms with E-state index in [-0.39, 0.29) is 24.3 Å². The maximum Gasteiger partial charge on any atom is 0.224 e. The summed E-state index contributed by atoms with van der Waals surface area (Å²) in [5, 5.41) is 2.70. The Kier molecular flexibility index (Phi) is 4.06. The van der Waals surface area contributed by atoms with Gasteiger partial charge in [-0.3, -0.25) is 4.79 Å². The zero-order valence-electron chi connectivity index (χ0n) is 12.4. The molecule has 6 heteroatoms. The van der Waals surface area contributed by atoms with Crippen molar-refractivity contribution in [1.82, 2.24) is 4.98 Å². The topological polar surface area (TPSA) is 55.1 Å². The van der Waals surface area contributed by atoms with Crippen molar-refractivity contribution in [3.05, 3.63) is 59.5 Å². The van der Waals surface area contributed by atoms with E-state index < -0.39 is 11.6 Å². The van der Waals surface area contributed by atoms with E-state index in [0.717, 1.165) is 18.2 Å². The summed E-state index contributed by atoms with van der Waals surface area (Å²) < 4.78 is 32.0. The molecular weight excluding hydrogens is 302 g/mol. The molecule has 4 nitrogen and oxygen atoms in total.